The second kappa shape index (κ2) is 5.04. The van der Waals surface area contributed by atoms with Crippen molar-refractivity contribution < 1.29 is 0 Å². The molecule has 0 aromatic carbocycles. The Morgan fingerprint density at radius 1 is 1.59 bits per heavy atom. The molecule has 0 radical (unpaired) electrons. The Morgan fingerprint density at radius 3 is 3.00 bits per heavy atom. The standard InChI is InChI=1S/C13H23N3S/c1-12(2,11-15-7-8-17-11)16-10-13(3)5-4-6-14-9-13/h7-8,14,16H,4-6,9-10H2,1-3H3. The van der Waals surface area contributed by atoms with Gasteiger partial charge in [-0.1, -0.05) is 6.92 Å². The maximum atomic E-state index is 4.41. The summed E-state index contributed by atoms with van der Waals surface area (Å²) in [5.41, 5.74) is 0.363. The fraction of sp³-hybridized carbons (Fsp3) is 0.769. The number of hydrogen-bond donors (Lipinski definition) is 2. The van der Waals surface area contributed by atoms with Crippen LogP contribution in [0.15, 0.2) is 11.6 Å². The summed E-state index contributed by atoms with van der Waals surface area (Å²) in [5.74, 6) is 0. The van der Waals surface area contributed by atoms with Gasteiger partial charge in [0.05, 0.1) is 5.54 Å². The van der Waals surface area contributed by atoms with Gasteiger partial charge in [-0.25, -0.2) is 4.98 Å². The van der Waals surface area contributed by atoms with E-state index in [2.05, 4.69) is 36.4 Å². The van der Waals surface area contributed by atoms with Crippen molar-refractivity contribution in [1.29, 1.82) is 0 Å². The molecule has 4 heteroatoms. The lowest BCUT2D eigenvalue weighted by molar-refractivity contribution is 0.202. The normalized spacial score (nSPS) is 26.1. The van der Waals surface area contributed by atoms with Crippen LogP contribution in [0.1, 0.15) is 38.6 Å². The lowest BCUT2D eigenvalue weighted by atomic mass is 9.82. The minimum Gasteiger partial charge on any atom is -0.316 e. The molecule has 2 N–H and O–H groups in total. The summed E-state index contributed by atoms with van der Waals surface area (Å²) in [6, 6.07) is 0. The summed E-state index contributed by atoms with van der Waals surface area (Å²) in [5, 5.41) is 10.4. The van der Waals surface area contributed by atoms with Crippen LogP contribution < -0.4 is 10.6 Å². The maximum Gasteiger partial charge on any atom is 0.112 e. The zero-order valence-corrected chi connectivity index (χ0v) is 11.9. The minimum atomic E-state index is -0.0192. The third-order valence-electron chi connectivity index (χ3n) is 3.61. The van der Waals surface area contributed by atoms with Crippen molar-refractivity contribution in [2.75, 3.05) is 19.6 Å². The van der Waals surface area contributed by atoms with Crippen LogP contribution in [0.25, 0.3) is 0 Å². The summed E-state index contributed by atoms with van der Waals surface area (Å²) in [7, 11) is 0. The largest absolute Gasteiger partial charge is 0.316 e. The van der Waals surface area contributed by atoms with Crippen LogP contribution in [-0.2, 0) is 5.54 Å². The lowest BCUT2D eigenvalue weighted by Gasteiger charge is -2.37. The van der Waals surface area contributed by atoms with Crippen molar-refractivity contribution in [3.05, 3.63) is 16.6 Å². The highest BCUT2D eigenvalue weighted by Crippen LogP contribution is 2.28. The monoisotopic (exact) mass is 253 g/mol. The van der Waals surface area contributed by atoms with Crippen LogP contribution in [-0.4, -0.2) is 24.6 Å². The van der Waals surface area contributed by atoms with Crippen LogP contribution in [0, 0.1) is 5.41 Å². The van der Waals surface area contributed by atoms with E-state index in [1.54, 1.807) is 11.3 Å². The molecule has 3 nitrogen and oxygen atoms in total. The third-order valence-corrected chi connectivity index (χ3v) is 4.71. The number of aromatic nitrogens is 1. The molecule has 0 bridgehead atoms. The first-order valence-corrected chi connectivity index (χ1v) is 7.26. The van der Waals surface area contributed by atoms with E-state index in [1.165, 1.54) is 24.4 Å². The molecule has 1 atom stereocenters. The van der Waals surface area contributed by atoms with Crippen molar-refractivity contribution in [2.24, 2.45) is 5.41 Å². The molecule has 1 fully saturated rings. The summed E-state index contributed by atoms with van der Waals surface area (Å²) in [4.78, 5) is 4.41. The molecule has 0 saturated carbocycles. The topological polar surface area (TPSA) is 37.0 Å². The number of nitrogens with one attached hydrogen (secondary N) is 2. The Balaban J connectivity index is 1.93. The first-order chi connectivity index (χ1) is 8.02. The van der Waals surface area contributed by atoms with Crippen molar-refractivity contribution in [2.45, 2.75) is 39.2 Å². The van der Waals surface area contributed by atoms with E-state index in [-0.39, 0.29) is 5.54 Å². The predicted molar refractivity (Wildman–Crippen MR) is 73.4 cm³/mol. The average Bonchev–Trinajstić information content (AvgIpc) is 2.82. The Kier molecular flexibility index (Phi) is 3.85. The van der Waals surface area contributed by atoms with Crippen LogP contribution in [0.4, 0.5) is 0 Å². The molecule has 1 aromatic heterocycles. The van der Waals surface area contributed by atoms with Crippen molar-refractivity contribution in [3.8, 4) is 0 Å². The van der Waals surface area contributed by atoms with Gasteiger partial charge in [0, 0.05) is 24.7 Å². The first-order valence-electron chi connectivity index (χ1n) is 6.38. The SMILES string of the molecule is CC1(CNC(C)(C)c2nccs2)CCCNC1. The molecule has 1 aliphatic heterocycles. The number of thiazole rings is 1. The van der Waals surface area contributed by atoms with E-state index in [0.717, 1.165) is 13.1 Å². The molecule has 0 spiro atoms. The van der Waals surface area contributed by atoms with Gasteiger partial charge in [0.25, 0.3) is 0 Å². The molecular weight excluding hydrogens is 230 g/mol. The quantitative estimate of drug-likeness (QED) is 0.865. The molecule has 1 unspecified atom stereocenters. The first kappa shape index (κ1) is 13.0. The highest BCUT2D eigenvalue weighted by molar-refractivity contribution is 7.09. The Bertz CT molecular complexity index is 340. The minimum absolute atomic E-state index is 0.0192. The second-order valence-electron chi connectivity index (χ2n) is 5.91. The van der Waals surface area contributed by atoms with Gasteiger partial charge in [-0.05, 0) is 38.6 Å². The van der Waals surface area contributed by atoms with Crippen LogP contribution >= 0.6 is 11.3 Å². The van der Waals surface area contributed by atoms with Crippen molar-refractivity contribution in [3.63, 3.8) is 0 Å². The molecule has 1 aromatic rings. The van der Waals surface area contributed by atoms with Gasteiger partial charge in [0.15, 0.2) is 0 Å². The molecule has 0 aliphatic carbocycles. The van der Waals surface area contributed by atoms with Gasteiger partial charge >= 0.3 is 0 Å². The number of nitrogens with zero attached hydrogens (tertiary/aromatic N) is 1. The molecule has 0 amide bonds. The predicted octanol–water partition coefficient (Wildman–Crippen LogP) is 2.36. The average molecular weight is 253 g/mol. The fourth-order valence-electron chi connectivity index (χ4n) is 2.31. The Morgan fingerprint density at radius 2 is 2.41 bits per heavy atom. The zero-order chi connectivity index (χ0) is 12.4. The van der Waals surface area contributed by atoms with Crippen molar-refractivity contribution >= 4 is 11.3 Å². The zero-order valence-electron chi connectivity index (χ0n) is 11.0. The second-order valence-corrected chi connectivity index (χ2v) is 6.80. The van der Waals surface area contributed by atoms with E-state index in [9.17, 15) is 0 Å². The molecule has 17 heavy (non-hydrogen) atoms. The van der Waals surface area contributed by atoms with E-state index >= 15 is 0 Å². The van der Waals surface area contributed by atoms with Crippen LogP contribution in [0.2, 0.25) is 0 Å². The lowest BCUT2D eigenvalue weighted by Crippen LogP contribution is -2.48. The molecule has 2 heterocycles. The van der Waals surface area contributed by atoms with Gasteiger partial charge in [0.1, 0.15) is 5.01 Å². The van der Waals surface area contributed by atoms with Crippen LogP contribution in [0.3, 0.4) is 0 Å². The fourth-order valence-corrected chi connectivity index (χ4v) is 3.05. The Labute approximate surface area is 108 Å². The van der Waals surface area contributed by atoms with E-state index in [1.807, 2.05) is 11.6 Å². The molecule has 1 saturated heterocycles. The molecule has 2 rings (SSSR count). The summed E-state index contributed by atoms with van der Waals surface area (Å²) in [6.45, 7) is 10.1. The van der Waals surface area contributed by atoms with Gasteiger partial charge in [0.2, 0.25) is 0 Å². The summed E-state index contributed by atoms with van der Waals surface area (Å²) < 4.78 is 0. The van der Waals surface area contributed by atoms with Crippen LogP contribution in [0.5, 0.6) is 0 Å². The van der Waals surface area contributed by atoms with Crippen molar-refractivity contribution in [1.82, 2.24) is 15.6 Å². The van der Waals surface area contributed by atoms with E-state index < -0.39 is 0 Å². The third kappa shape index (κ3) is 3.27. The summed E-state index contributed by atoms with van der Waals surface area (Å²) >= 11 is 1.73. The van der Waals surface area contributed by atoms with Gasteiger partial charge in [-0.2, -0.15) is 0 Å². The molecule has 96 valence electrons. The summed E-state index contributed by atoms with van der Waals surface area (Å²) in [6.07, 6.45) is 4.48. The number of piperidine rings is 1. The molecular formula is C13H23N3S. The number of rotatable bonds is 4. The maximum absolute atomic E-state index is 4.41. The Hall–Kier alpha value is -0.450. The van der Waals surface area contributed by atoms with E-state index in [0.29, 0.717) is 5.41 Å². The van der Waals surface area contributed by atoms with Gasteiger partial charge in [-0.3, -0.25) is 0 Å². The highest BCUT2D eigenvalue weighted by Gasteiger charge is 2.30. The number of hydrogen-bond acceptors (Lipinski definition) is 4. The molecule has 1 aliphatic rings. The van der Waals surface area contributed by atoms with Gasteiger partial charge < -0.3 is 10.6 Å². The van der Waals surface area contributed by atoms with Gasteiger partial charge in [-0.15, -0.1) is 11.3 Å². The smallest absolute Gasteiger partial charge is 0.112 e. The highest BCUT2D eigenvalue weighted by atomic mass is 32.1. The van der Waals surface area contributed by atoms with E-state index in [4.69, 9.17) is 0 Å².